The van der Waals surface area contributed by atoms with Crippen LogP contribution in [0.2, 0.25) is 0 Å². The number of esters is 1. The highest BCUT2D eigenvalue weighted by Crippen LogP contribution is 2.66. The van der Waals surface area contributed by atoms with Gasteiger partial charge in [0.15, 0.2) is 13.0 Å². The number of ether oxygens (including phenoxy) is 3. The van der Waals surface area contributed by atoms with Gasteiger partial charge in [-0.15, -0.1) is 4.52 Å². The zero-order valence-electron chi connectivity index (χ0n) is 27.4. The highest BCUT2D eigenvalue weighted by Gasteiger charge is 2.61. The number of aromatic nitrogens is 2. The number of aromatic amines is 1. The minimum Gasteiger partial charge on any atom is -0.462 e. The van der Waals surface area contributed by atoms with Crippen LogP contribution in [-0.2, 0) is 32.9 Å². The third-order valence-electron chi connectivity index (χ3n) is 12.4. The first-order valence-corrected chi connectivity index (χ1v) is 19.7. The van der Waals surface area contributed by atoms with Crippen LogP contribution in [-0.4, -0.2) is 64.3 Å². The highest BCUT2D eigenvalue weighted by molar-refractivity contribution is 14.1. The Kier molecular flexibility index (Phi) is 10.5. The molecule has 6 rings (SSSR count). The second kappa shape index (κ2) is 14.0. The largest absolute Gasteiger partial charge is 0.504 e. The number of hydrogen-bond donors (Lipinski definition) is 2. The fraction of sp³-hybridized carbons (Fsp3) is 0.818. The average molecular weight is 790 g/mol. The van der Waals surface area contributed by atoms with E-state index >= 15 is 0 Å². The lowest BCUT2D eigenvalue weighted by Gasteiger charge is -2.60. The molecule has 0 spiro atoms. The topological polar surface area (TPSA) is 163 Å². The van der Waals surface area contributed by atoms with E-state index in [1.54, 1.807) is 0 Å². The van der Waals surface area contributed by atoms with E-state index in [0.717, 1.165) is 51.4 Å². The van der Waals surface area contributed by atoms with Crippen LogP contribution in [0.4, 0.5) is 0 Å². The number of carbonyl (C=O) groups excluding carboxylic acids is 2. The van der Waals surface area contributed by atoms with Gasteiger partial charge in [0, 0.05) is 37.3 Å². The van der Waals surface area contributed by atoms with Gasteiger partial charge in [-0.3, -0.25) is 23.9 Å². The van der Waals surface area contributed by atoms with E-state index in [9.17, 15) is 28.8 Å². The molecule has 4 saturated carbocycles. The molecule has 0 bridgehead atoms. The summed E-state index contributed by atoms with van der Waals surface area (Å²) in [5.74, 6) is 2.32. The molecule has 2 heterocycles. The van der Waals surface area contributed by atoms with Crippen LogP contribution in [0.1, 0.15) is 97.1 Å². The maximum absolute atomic E-state index is 13.1. The molecule has 4 aliphatic carbocycles. The molecule has 260 valence electrons. The van der Waals surface area contributed by atoms with Crippen LogP contribution in [0.3, 0.4) is 0 Å². The molecule has 47 heavy (non-hydrogen) atoms. The summed E-state index contributed by atoms with van der Waals surface area (Å²) in [5, 5.41) is 10.8. The van der Waals surface area contributed by atoms with Crippen molar-refractivity contribution in [2.24, 2.45) is 34.5 Å². The molecule has 2 N–H and O–H groups in total. The van der Waals surface area contributed by atoms with Gasteiger partial charge >= 0.3 is 19.7 Å². The van der Waals surface area contributed by atoms with Gasteiger partial charge < -0.3 is 19.3 Å². The summed E-state index contributed by atoms with van der Waals surface area (Å²) in [6.07, 6.45) is 6.61. The molecular weight excluding hydrogens is 742 g/mol. The van der Waals surface area contributed by atoms with Crippen molar-refractivity contribution in [3.8, 4) is 0 Å². The number of carbonyl (C=O) groups is 2. The number of aliphatic hydroxyl groups excluding tert-OH is 1. The van der Waals surface area contributed by atoms with Gasteiger partial charge in [-0.05, 0) is 101 Å². The quantitative estimate of drug-likeness (QED) is 0.145. The Morgan fingerprint density at radius 3 is 2.68 bits per heavy atom. The summed E-state index contributed by atoms with van der Waals surface area (Å²) in [5.41, 5.74) is -0.978. The van der Waals surface area contributed by atoms with Gasteiger partial charge in [0.2, 0.25) is 0 Å². The first-order chi connectivity index (χ1) is 22.3. The Balaban J connectivity index is 1.03. The lowest BCUT2D eigenvalue weighted by molar-refractivity contribution is -0.173. The first-order valence-electron chi connectivity index (χ1n) is 17.0. The zero-order valence-corrected chi connectivity index (χ0v) is 30.4. The number of nitrogens with zero attached hydrogens (tertiary/aromatic N) is 1. The molecule has 6 unspecified atom stereocenters. The van der Waals surface area contributed by atoms with Crippen LogP contribution in [0.5, 0.6) is 0 Å². The van der Waals surface area contributed by atoms with Crippen LogP contribution < -0.4 is 11.2 Å². The molecule has 0 radical (unpaired) electrons. The minimum atomic E-state index is -1.92. The lowest BCUT2D eigenvalue weighted by atomic mass is 9.45. The number of ketones is 1. The lowest BCUT2D eigenvalue weighted by Crippen LogP contribution is -2.54. The Hall–Kier alpha value is -1.51. The number of rotatable bonds is 10. The van der Waals surface area contributed by atoms with Gasteiger partial charge in [0.25, 0.3) is 5.56 Å². The van der Waals surface area contributed by atoms with Crippen LogP contribution in [0.15, 0.2) is 15.8 Å². The summed E-state index contributed by atoms with van der Waals surface area (Å²) in [7, 11) is -1.92. The number of fused-ring (bicyclic) bond motifs is 5. The molecule has 1 saturated heterocycles. The van der Waals surface area contributed by atoms with Crippen molar-refractivity contribution in [2.45, 2.75) is 122 Å². The summed E-state index contributed by atoms with van der Waals surface area (Å²) < 4.78 is 36.4. The number of H-pyrrole nitrogens is 1. The summed E-state index contributed by atoms with van der Waals surface area (Å²) >= 11 is 1.82. The molecule has 1 aromatic heterocycles. The Bertz CT molecular complexity index is 1500. The SMILES string of the molecule is C[P+](=O)OCC1OC(n2cc(I)c(=O)[nH]c2=O)CC1O[C@H](O)CCC(=O)O[C@H]1CC[C@H]2C3CC[C@H]4CC(=O)CC[C@]4(C)C3CC[C@]12C. The van der Waals surface area contributed by atoms with Crippen molar-refractivity contribution < 1.29 is 38.0 Å². The first kappa shape index (κ1) is 35.3. The molecule has 0 aromatic carbocycles. The van der Waals surface area contributed by atoms with Crippen LogP contribution >= 0.6 is 30.6 Å². The van der Waals surface area contributed by atoms with Crippen LogP contribution in [0.25, 0.3) is 0 Å². The fourth-order valence-electron chi connectivity index (χ4n) is 9.94. The molecule has 5 aliphatic rings. The maximum Gasteiger partial charge on any atom is 0.504 e. The molecule has 12 nitrogen and oxygen atoms in total. The number of aliphatic hydroxyl groups is 1. The van der Waals surface area contributed by atoms with Crippen molar-refractivity contribution in [3.05, 3.63) is 30.6 Å². The minimum absolute atomic E-state index is 0.0160. The number of Topliss-reactive ketones (excluding diaryl/α,β-unsaturated/α-hetero) is 1. The Morgan fingerprint density at radius 2 is 1.91 bits per heavy atom. The molecule has 12 atom stereocenters. The zero-order chi connectivity index (χ0) is 33.7. The third kappa shape index (κ3) is 7.08. The highest BCUT2D eigenvalue weighted by atomic mass is 127. The Labute approximate surface area is 289 Å². The van der Waals surface area contributed by atoms with Crippen molar-refractivity contribution in [1.29, 1.82) is 0 Å². The Morgan fingerprint density at radius 1 is 1.15 bits per heavy atom. The van der Waals surface area contributed by atoms with E-state index in [0.29, 0.717) is 39.4 Å². The fourth-order valence-corrected chi connectivity index (χ4v) is 10.7. The summed E-state index contributed by atoms with van der Waals surface area (Å²) in [6.45, 7) is 6.06. The molecule has 5 fully saturated rings. The second-order valence-corrected chi connectivity index (χ2v) is 17.2. The molecule has 14 heteroatoms. The van der Waals surface area contributed by atoms with Gasteiger partial charge in [0.1, 0.15) is 30.8 Å². The van der Waals surface area contributed by atoms with Crippen molar-refractivity contribution in [2.75, 3.05) is 13.3 Å². The van der Waals surface area contributed by atoms with E-state index in [2.05, 4.69) is 18.8 Å². The van der Waals surface area contributed by atoms with Gasteiger partial charge in [-0.1, -0.05) is 13.8 Å². The number of halogens is 1. The van der Waals surface area contributed by atoms with Gasteiger partial charge in [0.05, 0.1) is 16.1 Å². The predicted molar refractivity (Wildman–Crippen MR) is 179 cm³/mol. The maximum atomic E-state index is 13.1. The molecular formula is C33H47IN2O10P+. The predicted octanol–water partition coefficient (Wildman–Crippen LogP) is 4.82. The van der Waals surface area contributed by atoms with Gasteiger partial charge in [-0.2, -0.15) is 0 Å². The number of hydrogen-bond acceptors (Lipinski definition) is 10. The van der Waals surface area contributed by atoms with Gasteiger partial charge in [-0.25, -0.2) is 4.79 Å². The second-order valence-electron chi connectivity index (χ2n) is 14.9. The molecule has 1 aliphatic heterocycles. The van der Waals surface area contributed by atoms with E-state index in [1.807, 2.05) is 22.6 Å². The van der Waals surface area contributed by atoms with Crippen molar-refractivity contribution in [3.63, 3.8) is 0 Å². The summed E-state index contributed by atoms with van der Waals surface area (Å²) in [6, 6.07) is 0. The van der Waals surface area contributed by atoms with E-state index in [4.69, 9.17) is 18.7 Å². The number of nitrogens with one attached hydrogen (secondary N) is 1. The third-order valence-corrected chi connectivity index (χ3v) is 13.7. The van der Waals surface area contributed by atoms with Crippen molar-refractivity contribution in [1.82, 2.24) is 9.55 Å². The summed E-state index contributed by atoms with van der Waals surface area (Å²) in [4.78, 5) is 51.9. The van der Waals surface area contributed by atoms with Crippen LogP contribution in [0, 0.1) is 38.1 Å². The smallest absolute Gasteiger partial charge is 0.462 e. The monoisotopic (exact) mass is 789 g/mol. The molecule has 1 aromatic rings. The average Bonchev–Trinajstić information content (AvgIpc) is 3.57. The van der Waals surface area contributed by atoms with E-state index in [1.165, 1.54) is 17.4 Å². The van der Waals surface area contributed by atoms with E-state index < -0.39 is 44.0 Å². The normalized spacial score (nSPS) is 39.1. The van der Waals surface area contributed by atoms with E-state index in [-0.39, 0.29) is 48.8 Å². The molecule has 0 amide bonds. The standard InChI is InChI=1S/C33H46IN2O10P/c1-32-12-10-19(37)14-18(32)4-5-20-21-6-7-26(33(21,2)13-11-22(20)32)46-29(39)9-8-28(38)45-24-15-27(44-25(24)17-43-47(3)42)36-16-23(34)30(40)35-31(36)41/h16,18,20-22,24-28,38H,4-15,17H2,1-3H3/p+1/t18-,20?,21-,22?,24?,25?,26-,27?,28-,32-,33-/m0/s1. The van der Waals surface area contributed by atoms with Crippen molar-refractivity contribution >= 4 is 42.4 Å².